The predicted molar refractivity (Wildman–Crippen MR) is 140 cm³/mol. The molecule has 0 saturated heterocycles. The fraction of sp³-hybridized carbons (Fsp3) is 0.333. The normalized spacial score (nSPS) is 13.6. The molecule has 2 aromatic carbocycles. The summed E-state index contributed by atoms with van der Waals surface area (Å²) in [5, 5.41) is 15.3. The van der Waals surface area contributed by atoms with Crippen LogP contribution in [0, 0.1) is 5.82 Å². The van der Waals surface area contributed by atoms with Crippen LogP contribution < -0.4 is 16.4 Å². The van der Waals surface area contributed by atoms with Crippen LogP contribution in [0.15, 0.2) is 53.1 Å². The topological polar surface area (TPSA) is 148 Å². The highest BCUT2D eigenvalue weighted by atomic mass is 35.5. The van der Waals surface area contributed by atoms with E-state index in [4.69, 9.17) is 21.8 Å². The summed E-state index contributed by atoms with van der Waals surface area (Å²) in [5.74, 6) is -3.07. The van der Waals surface area contributed by atoms with E-state index >= 15 is 0 Å². The summed E-state index contributed by atoms with van der Waals surface area (Å²) in [6.07, 6.45) is 1.47. The Labute approximate surface area is 224 Å². The van der Waals surface area contributed by atoms with Gasteiger partial charge in [0.25, 0.3) is 5.89 Å². The fourth-order valence-electron chi connectivity index (χ4n) is 3.73. The molecule has 2 amide bonds. The lowest BCUT2D eigenvalue weighted by Crippen LogP contribution is -2.51. The van der Waals surface area contributed by atoms with E-state index in [1.54, 1.807) is 24.3 Å². The third-order valence-electron chi connectivity index (χ3n) is 5.87. The first-order valence-corrected chi connectivity index (χ1v) is 12.4. The van der Waals surface area contributed by atoms with Crippen molar-refractivity contribution in [2.45, 2.75) is 57.7 Å². The molecule has 3 atom stereocenters. The zero-order valence-electron chi connectivity index (χ0n) is 21.2. The number of hydrogen-bond acceptors (Lipinski definition) is 6. The average Bonchev–Trinajstić information content (AvgIpc) is 3.36. The first-order valence-electron chi connectivity index (χ1n) is 12.0. The van der Waals surface area contributed by atoms with Gasteiger partial charge in [-0.15, -0.1) is 0 Å². The molecule has 0 fully saturated rings. The molecule has 38 heavy (non-hydrogen) atoms. The standard InChI is InChI=1S/C27H30ClFN4O5/c1-14(2)23-13-38-26(33-23)25(35)31-19(12-22(27(36)37)32-24(34)15(3)30)10-16-4-6-17(7-5-16)20-11-18(28)8-9-21(20)29/h4-9,11,13-15,19,22H,10,12,30H2,1-3H3,(H,31,35)(H,32,34)(H,36,37)/t15?,19-,22-/m1/s1. The number of hydrogen-bond donors (Lipinski definition) is 4. The van der Waals surface area contributed by atoms with Crippen molar-refractivity contribution >= 4 is 29.4 Å². The molecule has 0 aliphatic heterocycles. The van der Waals surface area contributed by atoms with Gasteiger partial charge in [-0.25, -0.2) is 14.2 Å². The molecule has 9 nitrogen and oxygen atoms in total. The second-order valence-corrected chi connectivity index (χ2v) is 9.79. The summed E-state index contributed by atoms with van der Waals surface area (Å²) < 4.78 is 19.6. The van der Waals surface area contributed by atoms with Gasteiger partial charge in [0.05, 0.1) is 11.7 Å². The molecular formula is C27H30ClFN4O5. The van der Waals surface area contributed by atoms with E-state index in [0.29, 0.717) is 21.8 Å². The highest BCUT2D eigenvalue weighted by molar-refractivity contribution is 6.30. The van der Waals surface area contributed by atoms with Crippen LogP contribution in [-0.2, 0) is 16.0 Å². The Morgan fingerprint density at radius 1 is 1.11 bits per heavy atom. The average molecular weight is 545 g/mol. The molecule has 1 heterocycles. The lowest BCUT2D eigenvalue weighted by Gasteiger charge is -2.23. The van der Waals surface area contributed by atoms with Crippen LogP contribution in [0.5, 0.6) is 0 Å². The first-order chi connectivity index (χ1) is 17.9. The molecule has 1 unspecified atom stereocenters. The number of oxazole rings is 1. The van der Waals surface area contributed by atoms with E-state index in [1.165, 1.54) is 31.4 Å². The Balaban J connectivity index is 1.84. The molecule has 0 saturated carbocycles. The molecule has 0 aliphatic carbocycles. The number of benzene rings is 2. The Hall–Kier alpha value is -3.76. The van der Waals surface area contributed by atoms with E-state index in [1.807, 2.05) is 13.8 Å². The molecule has 5 N–H and O–H groups in total. The quantitative estimate of drug-likeness (QED) is 0.286. The van der Waals surface area contributed by atoms with Crippen LogP contribution in [-0.4, -0.2) is 46.0 Å². The Kier molecular flexibility index (Phi) is 9.60. The second-order valence-electron chi connectivity index (χ2n) is 9.35. The number of carboxylic acids is 1. The lowest BCUT2D eigenvalue weighted by molar-refractivity contribution is -0.142. The van der Waals surface area contributed by atoms with Gasteiger partial charge in [-0.1, -0.05) is 49.7 Å². The van der Waals surface area contributed by atoms with Crippen molar-refractivity contribution in [2.75, 3.05) is 0 Å². The first kappa shape index (κ1) is 28.8. The Bertz CT molecular complexity index is 1290. The molecule has 3 aromatic rings. The SMILES string of the molecule is CC(N)C(=O)N[C@H](C[C@@H](Cc1ccc(-c2cc(Cl)ccc2F)cc1)NC(=O)c1nc(C(C)C)co1)C(=O)O. The predicted octanol–water partition coefficient (Wildman–Crippen LogP) is 3.91. The summed E-state index contributed by atoms with van der Waals surface area (Å²) in [6.45, 7) is 5.24. The van der Waals surface area contributed by atoms with Gasteiger partial charge in [-0.05, 0) is 55.0 Å². The summed E-state index contributed by atoms with van der Waals surface area (Å²) >= 11 is 6.01. The molecule has 3 rings (SSSR count). The van der Waals surface area contributed by atoms with Crippen LogP contribution >= 0.6 is 11.6 Å². The van der Waals surface area contributed by atoms with Gasteiger partial charge in [0.15, 0.2) is 0 Å². The molecule has 0 radical (unpaired) electrons. The number of nitrogens with zero attached hydrogens (tertiary/aromatic N) is 1. The van der Waals surface area contributed by atoms with Crippen molar-refractivity contribution in [1.82, 2.24) is 15.6 Å². The second kappa shape index (κ2) is 12.7. The molecule has 202 valence electrons. The van der Waals surface area contributed by atoms with E-state index in [2.05, 4.69) is 15.6 Å². The van der Waals surface area contributed by atoms with Crippen molar-refractivity contribution in [3.8, 4) is 11.1 Å². The highest BCUT2D eigenvalue weighted by Gasteiger charge is 2.28. The van der Waals surface area contributed by atoms with Crippen molar-refractivity contribution in [3.05, 3.63) is 76.7 Å². The van der Waals surface area contributed by atoms with Crippen molar-refractivity contribution < 1.29 is 28.3 Å². The number of aliphatic carboxylic acids is 1. The highest BCUT2D eigenvalue weighted by Crippen LogP contribution is 2.26. The number of halogens is 2. The third kappa shape index (κ3) is 7.62. The minimum atomic E-state index is -1.31. The van der Waals surface area contributed by atoms with E-state index in [9.17, 15) is 23.9 Å². The largest absolute Gasteiger partial charge is 0.480 e. The number of aromatic nitrogens is 1. The van der Waals surface area contributed by atoms with Crippen molar-refractivity contribution in [1.29, 1.82) is 0 Å². The van der Waals surface area contributed by atoms with Crippen LogP contribution in [0.3, 0.4) is 0 Å². The molecular weight excluding hydrogens is 515 g/mol. The van der Waals surface area contributed by atoms with Gasteiger partial charge in [-0.2, -0.15) is 0 Å². The maximum atomic E-state index is 14.3. The summed E-state index contributed by atoms with van der Waals surface area (Å²) in [6, 6.07) is 8.21. The lowest BCUT2D eigenvalue weighted by atomic mass is 9.96. The molecule has 0 aliphatic rings. The number of nitrogens with one attached hydrogen (secondary N) is 2. The Morgan fingerprint density at radius 2 is 1.79 bits per heavy atom. The summed E-state index contributed by atoms with van der Waals surface area (Å²) in [7, 11) is 0. The summed E-state index contributed by atoms with van der Waals surface area (Å²) in [4.78, 5) is 41.1. The van der Waals surface area contributed by atoms with Gasteiger partial charge in [0, 0.05) is 16.6 Å². The number of carbonyl (C=O) groups excluding carboxylic acids is 2. The number of amides is 2. The van der Waals surface area contributed by atoms with Crippen LogP contribution in [0.4, 0.5) is 4.39 Å². The van der Waals surface area contributed by atoms with E-state index in [-0.39, 0.29) is 24.7 Å². The number of carboxylic acid groups (broad SMARTS) is 1. The fourth-order valence-corrected chi connectivity index (χ4v) is 3.90. The zero-order valence-corrected chi connectivity index (χ0v) is 22.0. The minimum Gasteiger partial charge on any atom is -0.480 e. The van der Waals surface area contributed by atoms with Gasteiger partial charge in [0.2, 0.25) is 5.91 Å². The number of nitrogens with two attached hydrogens (primary N) is 1. The number of rotatable bonds is 11. The molecule has 0 spiro atoms. The molecule has 0 bridgehead atoms. The van der Waals surface area contributed by atoms with Gasteiger partial charge < -0.3 is 25.9 Å². The third-order valence-corrected chi connectivity index (χ3v) is 6.10. The Morgan fingerprint density at radius 3 is 2.37 bits per heavy atom. The van der Waals surface area contributed by atoms with Crippen molar-refractivity contribution in [3.63, 3.8) is 0 Å². The van der Waals surface area contributed by atoms with E-state index in [0.717, 1.165) is 5.56 Å². The van der Waals surface area contributed by atoms with Crippen LogP contribution in [0.25, 0.3) is 11.1 Å². The monoisotopic (exact) mass is 544 g/mol. The smallest absolute Gasteiger partial charge is 0.326 e. The van der Waals surface area contributed by atoms with Gasteiger partial charge in [-0.3, -0.25) is 9.59 Å². The van der Waals surface area contributed by atoms with Gasteiger partial charge in [0.1, 0.15) is 18.1 Å². The number of carbonyl (C=O) groups is 3. The maximum absolute atomic E-state index is 14.3. The minimum absolute atomic E-state index is 0.0452. The maximum Gasteiger partial charge on any atom is 0.326 e. The molecule has 11 heteroatoms. The van der Waals surface area contributed by atoms with Crippen molar-refractivity contribution in [2.24, 2.45) is 5.73 Å². The summed E-state index contributed by atoms with van der Waals surface area (Å²) in [5.41, 5.74) is 7.85. The van der Waals surface area contributed by atoms with Gasteiger partial charge >= 0.3 is 11.9 Å². The zero-order chi connectivity index (χ0) is 28.0. The van der Waals surface area contributed by atoms with E-state index < -0.39 is 41.7 Å². The van der Waals surface area contributed by atoms with Crippen LogP contribution in [0.1, 0.15) is 55.1 Å². The molecule has 1 aromatic heterocycles. The van der Waals surface area contributed by atoms with Crippen LogP contribution in [0.2, 0.25) is 5.02 Å².